The summed E-state index contributed by atoms with van der Waals surface area (Å²) in [5, 5.41) is 7.95. The van der Waals surface area contributed by atoms with Crippen molar-refractivity contribution in [1.82, 2.24) is 0 Å². The van der Waals surface area contributed by atoms with E-state index >= 15 is 0 Å². The summed E-state index contributed by atoms with van der Waals surface area (Å²) in [4.78, 5) is 14.1. The van der Waals surface area contributed by atoms with Gasteiger partial charge in [0.2, 0.25) is 15.9 Å². The highest BCUT2D eigenvalue weighted by atomic mass is 32.2. The molecule has 0 aromatic heterocycles. The van der Waals surface area contributed by atoms with Gasteiger partial charge in [-0.05, 0) is 36.2 Å². The molecule has 0 saturated heterocycles. The molecule has 0 fully saturated rings. The molecule has 0 aliphatic carbocycles. The molecule has 3 N–H and O–H groups in total. The summed E-state index contributed by atoms with van der Waals surface area (Å²) in [6.45, 7) is 1.94. The zero-order valence-electron chi connectivity index (χ0n) is 13.9. The molecule has 7 heteroatoms. The first-order valence-corrected chi connectivity index (χ1v) is 8.91. The van der Waals surface area contributed by atoms with E-state index in [4.69, 9.17) is 5.14 Å². The van der Waals surface area contributed by atoms with Crippen molar-refractivity contribution in [1.29, 1.82) is 0 Å². The van der Waals surface area contributed by atoms with Crippen molar-refractivity contribution >= 4 is 27.3 Å². The molecule has 24 heavy (non-hydrogen) atoms. The fraction of sp³-hybridized carbons (Fsp3) is 0.235. The van der Waals surface area contributed by atoms with E-state index in [-0.39, 0.29) is 17.2 Å². The van der Waals surface area contributed by atoms with Crippen molar-refractivity contribution in [3.8, 4) is 0 Å². The van der Waals surface area contributed by atoms with Crippen molar-refractivity contribution in [2.75, 3.05) is 24.3 Å². The average Bonchev–Trinajstić information content (AvgIpc) is 2.48. The first kappa shape index (κ1) is 18.0. The largest absolute Gasteiger partial charge is 0.376 e. The molecule has 0 saturated carbocycles. The van der Waals surface area contributed by atoms with Crippen LogP contribution in [0.3, 0.4) is 0 Å². The number of nitrogens with one attached hydrogen (secondary N) is 1. The Labute approximate surface area is 142 Å². The van der Waals surface area contributed by atoms with Gasteiger partial charge in [-0.2, -0.15) is 0 Å². The number of carbonyl (C=O) groups is 1. The lowest BCUT2D eigenvalue weighted by Gasteiger charge is -2.19. The van der Waals surface area contributed by atoms with Crippen LogP contribution in [-0.4, -0.2) is 28.4 Å². The Morgan fingerprint density at radius 1 is 1.17 bits per heavy atom. The van der Waals surface area contributed by atoms with E-state index < -0.39 is 10.0 Å². The van der Waals surface area contributed by atoms with Crippen LogP contribution in [0.2, 0.25) is 0 Å². The summed E-state index contributed by atoms with van der Waals surface area (Å²) in [7, 11) is -0.222. The number of amides is 1. The van der Waals surface area contributed by atoms with E-state index in [1.807, 2.05) is 45.3 Å². The van der Waals surface area contributed by atoms with Gasteiger partial charge < -0.3 is 10.2 Å². The molecule has 0 bridgehead atoms. The summed E-state index contributed by atoms with van der Waals surface area (Å²) >= 11 is 0. The van der Waals surface area contributed by atoms with Crippen LogP contribution in [-0.2, 0) is 21.2 Å². The van der Waals surface area contributed by atoms with Gasteiger partial charge in [-0.15, -0.1) is 0 Å². The maximum Gasteiger partial charge on any atom is 0.238 e. The summed E-state index contributed by atoms with van der Waals surface area (Å²) in [6, 6.07) is 12.0. The molecule has 2 rings (SSSR count). The number of primary sulfonamides is 1. The van der Waals surface area contributed by atoms with Gasteiger partial charge in [-0.25, -0.2) is 13.6 Å². The molecule has 2 aromatic carbocycles. The van der Waals surface area contributed by atoms with Crippen LogP contribution >= 0.6 is 0 Å². The lowest BCUT2D eigenvalue weighted by atomic mass is 10.1. The Kier molecular flexibility index (Phi) is 5.26. The smallest absolute Gasteiger partial charge is 0.238 e. The van der Waals surface area contributed by atoms with Gasteiger partial charge >= 0.3 is 0 Å². The van der Waals surface area contributed by atoms with E-state index in [0.717, 1.165) is 11.1 Å². The Bertz CT molecular complexity index is 861. The highest BCUT2D eigenvalue weighted by molar-refractivity contribution is 7.89. The topological polar surface area (TPSA) is 92.5 Å². The maximum atomic E-state index is 12.4. The van der Waals surface area contributed by atoms with Crippen LogP contribution < -0.4 is 15.4 Å². The van der Waals surface area contributed by atoms with E-state index in [9.17, 15) is 13.2 Å². The van der Waals surface area contributed by atoms with Gasteiger partial charge in [0.05, 0.1) is 22.7 Å². The average molecular weight is 347 g/mol. The van der Waals surface area contributed by atoms with Gasteiger partial charge in [-0.3, -0.25) is 4.79 Å². The predicted octanol–water partition coefficient (Wildman–Crippen LogP) is 1.89. The van der Waals surface area contributed by atoms with E-state index in [1.165, 1.54) is 12.1 Å². The lowest BCUT2D eigenvalue weighted by molar-refractivity contribution is -0.115. The van der Waals surface area contributed by atoms with Crippen molar-refractivity contribution in [3.05, 3.63) is 53.6 Å². The molecule has 0 aliphatic rings. The molecule has 0 heterocycles. The number of nitrogens with two attached hydrogens (primary N) is 1. The molecule has 2 aromatic rings. The molecule has 6 nitrogen and oxygen atoms in total. The van der Waals surface area contributed by atoms with Crippen LogP contribution in [0, 0.1) is 6.92 Å². The van der Waals surface area contributed by atoms with Gasteiger partial charge in [0.25, 0.3) is 0 Å². The zero-order valence-corrected chi connectivity index (χ0v) is 14.7. The Morgan fingerprint density at radius 2 is 1.83 bits per heavy atom. The minimum Gasteiger partial charge on any atom is -0.376 e. The number of benzene rings is 2. The third-order valence-electron chi connectivity index (χ3n) is 3.66. The normalized spacial score (nSPS) is 11.2. The second-order valence-electron chi connectivity index (χ2n) is 5.77. The van der Waals surface area contributed by atoms with E-state index in [1.54, 1.807) is 11.0 Å². The fourth-order valence-electron chi connectivity index (χ4n) is 2.36. The zero-order chi connectivity index (χ0) is 17.9. The first-order valence-electron chi connectivity index (χ1n) is 7.37. The van der Waals surface area contributed by atoms with E-state index in [0.29, 0.717) is 11.4 Å². The van der Waals surface area contributed by atoms with Crippen LogP contribution in [0.5, 0.6) is 0 Å². The van der Waals surface area contributed by atoms with Gasteiger partial charge in [0.15, 0.2) is 0 Å². The minimum absolute atomic E-state index is 0.0423. The number of hydrogen-bond donors (Lipinski definition) is 2. The molecule has 0 atom stereocenters. The molecule has 128 valence electrons. The van der Waals surface area contributed by atoms with Crippen LogP contribution in [0.25, 0.3) is 0 Å². The van der Waals surface area contributed by atoms with E-state index in [2.05, 4.69) is 5.32 Å². The number of aryl methyl sites for hydroxylation is 1. The molecule has 0 aliphatic heterocycles. The highest BCUT2D eigenvalue weighted by Gasteiger charge is 2.15. The standard InChI is InChI=1S/C17H21N3O3S/c1-12-6-4-5-7-13(12)10-17(21)19-15-11-14(24(18,22)23)8-9-16(15)20(2)3/h4-9,11H,10H2,1-3H3,(H,19,21)(H2,18,22,23). The molecule has 0 spiro atoms. The predicted molar refractivity (Wildman–Crippen MR) is 95.7 cm³/mol. The van der Waals surface area contributed by atoms with Crippen LogP contribution in [0.15, 0.2) is 47.4 Å². The number of hydrogen-bond acceptors (Lipinski definition) is 4. The number of sulfonamides is 1. The first-order chi connectivity index (χ1) is 11.2. The molecular formula is C17H21N3O3S. The Hall–Kier alpha value is -2.38. The molecular weight excluding hydrogens is 326 g/mol. The third-order valence-corrected chi connectivity index (χ3v) is 4.58. The minimum atomic E-state index is -3.84. The lowest BCUT2D eigenvalue weighted by Crippen LogP contribution is -2.20. The second-order valence-corrected chi connectivity index (χ2v) is 7.33. The van der Waals surface area contributed by atoms with Crippen LogP contribution in [0.1, 0.15) is 11.1 Å². The highest BCUT2D eigenvalue weighted by Crippen LogP contribution is 2.27. The van der Waals surface area contributed by atoms with Crippen LogP contribution in [0.4, 0.5) is 11.4 Å². The van der Waals surface area contributed by atoms with Crippen molar-refractivity contribution < 1.29 is 13.2 Å². The number of carbonyl (C=O) groups excluding carboxylic acids is 1. The summed E-state index contributed by atoms with van der Waals surface area (Å²) in [5.41, 5.74) is 3.05. The van der Waals surface area contributed by atoms with Crippen molar-refractivity contribution in [3.63, 3.8) is 0 Å². The van der Waals surface area contributed by atoms with Gasteiger partial charge in [0, 0.05) is 14.1 Å². The third kappa shape index (κ3) is 4.33. The SMILES string of the molecule is Cc1ccccc1CC(=O)Nc1cc(S(N)(=O)=O)ccc1N(C)C. The quantitative estimate of drug-likeness (QED) is 0.864. The summed E-state index contributed by atoms with van der Waals surface area (Å²) < 4.78 is 23.1. The fourth-order valence-corrected chi connectivity index (χ4v) is 2.90. The second kappa shape index (κ2) is 7.02. The number of rotatable bonds is 5. The van der Waals surface area contributed by atoms with Crippen molar-refractivity contribution in [2.45, 2.75) is 18.2 Å². The Morgan fingerprint density at radius 3 is 2.42 bits per heavy atom. The molecule has 0 radical (unpaired) electrons. The summed E-state index contributed by atoms with van der Waals surface area (Å²) in [5.74, 6) is -0.223. The van der Waals surface area contributed by atoms with Crippen molar-refractivity contribution in [2.24, 2.45) is 5.14 Å². The number of nitrogens with zero attached hydrogens (tertiary/aromatic N) is 1. The Balaban J connectivity index is 2.30. The molecule has 0 unspecified atom stereocenters. The van der Waals surface area contributed by atoms with Gasteiger partial charge in [0.1, 0.15) is 0 Å². The monoisotopic (exact) mass is 347 g/mol. The van der Waals surface area contributed by atoms with Gasteiger partial charge in [-0.1, -0.05) is 24.3 Å². The number of anilines is 2. The summed E-state index contributed by atoms with van der Waals surface area (Å²) in [6.07, 6.45) is 0.207. The maximum absolute atomic E-state index is 12.4. The molecule has 1 amide bonds.